The highest BCUT2D eigenvalue weighted by Gasteiger charge is 2.24. The molecule has 2 aromatic carbocycles. The molecule has 0 aliphatic rings. The van der Waals surface area contributed by atoms with E-state index in [4.69, 9.17) is 5.73 Å². The Morgan fingerprint density at radius 1 is 1.07 bits per heavy atom. The summed E-state index contributed by atoms with van der Waals surface area (Å²) in [6, 6.07) is 13.2. The van der Waals surface area contributed by atoms with E-state index in [0.717, 1.165) is 23.6 Å². The number of nitrogens with two attached hydrogens (primary N) is 1. The van der Waals surface area contributed by atoms with E-state index < -0.39 is 11.2 Å². The monoisotopic (exact) mass is 394 g/mol. The highest BCUT2D eigenvalue weighted by Crippen LogP contribution is 2.22. The highest BCUT2D eigenvalue weighted by molar-refractivity contribution is 6.09. The zero-order valence-electron chi connectivity index (χ0n) is 16.8. The standard InChI is InChI=1S/C22H26N4O3/c1-3-5-13-26-19(23)18(20(27)24-22(26)29)25(12-4-2)21(28)17-11-10-15-8-6-7-9-16(15)14-17/h6-11,14H,3-5,12-13,23H2,1-2H3,(H,24,27,29). The van der Waals surface area contributed by atoms with Gasteiger partial charge in [0.1, 0.15) is 5.82 Å². The Bertz CT molecular complexity index is 1150. The number of carbonyl (C=O) groups is 1. The summed E-state index contributed by atoms with van der Waals surface area (Å²) in [6.07, 6.45) is 2.24. The largest absolute Gasteiger partial charge is 0.383 e. The van der Waals surface area contributed by atoms with Crippen molar-refractivity contribution >= 4 is 28.2 Å². The quantitative estimate of drug-likeness (QED) is 0.643. The maximum atomic E-state index is 13.3. The van der Waals surface area contributed by atoms with Crippen LogP contribution >= 0.6 is 0 Å². The van der Waals surface area contributed by atoms with Crippen molar-refractivity contribution in [1.29, 1.82) is 0 Å². The summed E-state index contributed by atoms with van der Waals surface area (Å²) in [7, 11) is 0. The Morgan fingerprint density at radius 3 is 2.48 bits per heavy atom. The molecule has 0 aliphatic heterocycles. The fourth-order valence-corrected chi connectivity index (χ4v) is 3.39. The number of nitrogen functional groups attached to an aromatic ring is 1. The molecule has 29 heavy (non-hydrogen) atoms. The van der Waals surface area contributed by atoms with E-state index in [0.29, 0.717) is 25.1 Å². The molecule has 0 saturated heterocycles. The lowest BCUT2D eigenvalue weighted by atomic mass is 10.1. The molecule has 0 unspecified atom stereocenters. The second-order valence-electron chi connectivity index (χ2n) is 7.02. The van der Waals surface area contributed by atoms with Gasteiger partial charge in [-0.1, -0.05) is 50.6 Å². The molecule has 0 bridgehead atoms. The maximum Gasteiger partial charge on any atom is 0.330 e. The lowest BCUT2D eigenvalue weighted by Crippen LogP contribution is -2.41. The molecule has 1 amide bonds. The molecule has 1 aromatic heterocycles. The Balaban J connectivity index is 2.10. The predicted molar refractivity (Wildman–Crippen MR) is 117 cm³/mol. The van der Waals surface area contributed by atoms with E-state index in [9.17, 15) is 14.4 Å². The van der Waals surface area contributed by atoms with Crippen LogP contribution in [0, 0.1) is 0 Å². The molecule has 7 nitrogen and oxygen atoms in total. The third-order valence-corrected chi connectivity index (χ3v) is 4.91. The smallest absolute Gasteiger partial charge is 0.330 e. The molecule has 3 rings (SSSR count). The van der Waals surface area contributed by atoms with Gasteiger partial charge in [-0.2, -0.15) is 0 Å². The first-order valence-corrected chi connectivity index (χ1v) is 9.91. The molecule has 0 saturated carbocycles. The van der Waals surface area contributed by atoms with E-state index in [-0.39, 0.29) is 17.4 Å². The topological polar surface area (TPSA) is 101 Å². The van der Waals surface area contributed by atoms with Crippen LogP contribution in [-0.2, 0) is 6.54 Å². The van der Waals surface area contributed by atoms with Crippen molar-refractivity contribution in [1.82, 2.24) is 9.55 Å². The number of benzene rings is 2. The van der Waals surface area contributed by atoms with Crippen LogP contribution in [0.2, 0.25) is 0 Å². The Morgan fingerprint density at radius 2 is 1.79 bits per heavy atom. The van der Waals surface area contributed by atoms with Crippen LogP contribution in [0.25, 0.3) is 10.8 Å². The summed E-state index contributed by atoms with van der Waals surface area (Å²) in [5.74, 6) is -0.301. The van der Waals surface area contributed by atoms with Crippen LogP contribution in [0.4, 0.5) is 11.5 Å². The first kappa shape index (κ1) is 20.4. The average molecular weight is 394 g/mol. The van der Waals surface area contributed by atoms with Gasteiger partial charge in [0, 0.05) is 18.7 Å². The Hall–Kier alpha value is -3.35. The summed E-state index contributed by atoms with van der Waals surface area (Å²) >= 11 is 0. The van der Waals surface area contributed by atoms with Crippen molar-refractivity contribution in [2.24, 2.45) is 0 Å². The molecule has 7 heteroatoms. The van der Waals surface area contributed by atoms with Gasteiger partial charge < -0.3 is 10.6 Å². The lowest BCUT2D eigenvalue weighted by molar-refractivity contribution is 0.0986. The first-order valence-electron chi connectivity index (χ1n) is 9.91. The van der Waals surface area contributed by atoms with E-state index in [2.05, 4.69) is 4.98 Å². The number of rotatable bonds is 7. The zero-order valence-corrected chi connectivity index (χ0v) is 16.8. The van der Waals surface area contributed by atoms with Gasteiger partial charge in [0.15, 0.2) is 5.69 Å². The van der Waals surface area contributed by atoms with Gasteiger partial charge in [-0.25, -0.2) is 4.79 Å². The summed E-state index contributed by atoms with van der Waals surface area (Å²) in [4.78, 5) is 41.8. The number of hydrogen-bond donors (Lipinski definition) is 2. The van der Waals surface area contributed by atoms with E-state index >= 15 is 0 Å². The first-order chi connectivity index (χ1) is 14.0. The molecule has 3 N–H and O–H groups in total. The lowest BCUT2D eigenvalue weighted by Gasteiger charge is -2.24. The molecular weight excluding hydrogens is 368 g/mol. The zero-order chi connectivity index (χ0) is 21.0. The second kappa shape index (κ2) is 8.77. The van der Waals surface area contributed by atoms with Crippen molar-refractivity contribution < 1.29 is 4.79 Å². The number of carbonyl (C=O) groups excluding carboxylic acids is 1. The fraction of sp³-hybridized carbons (Fsp3) is 0.318. The Labute approximate surface area is 168 Å². The molecule has 1 heterocycles. The van der Waals surface area contributed by atoms with E-state index in [1.165, 1.54) is 9.47 Å². The van der Waals surface area contributed by atoms with Crippen LogP contribution in [-0.4, -0.2) is 22.0 Å². The van der Waals surface area contributed by atoms with Crippen LogP contribution < -0.4 is 21.9 Å². The number of amides is 1. The number of hydrogen-bond acceptors (Lipinski definition) is 4. The molecule has 0 atom stereocenters. The molecule has 3 aromatic rings. The van der Waals surface area contributed by atoms with Crippen LogP contribution in [0.5, 0.6) is 0 Å². The Kier molecular flexibility index (Phi) is 6.16. The summed E-state index contributed by atoms with van der Waals surface area (Å²) in [5, 5.41) is 1.96. The third kappa shape index (κ3) is 4.08. The van der Waals surface area contributed by atoms with E-state index in [1.54, 1.807) is 12.1 Å². The summed E-state index contributed by atoms with van der Waals surface area (Å²) in [6.45, 7) is 4.61. The van der Waals surface area contributed by atoms with Gasteiger partial charge in [0.2, 0.25) is 0 Å². The van der Waals surface area contributed by atoms with Crippen molar-refractivity contribution in [2.75, 3.05) is 17.2 Å². The average Bonchev–Trinajstić information content (AvgIpc) is 2.72. The number of nitrogens with zero attached hydrogens (tertiary/aromatic N) is 2. The molecule has 0 radical (unpaired) electrons. The van der Waals surface area contributed by atoms with Gasteiger partial charge in [-0.05, 0) is 35.7 Å². The molecule has 0 fully saturated rings. The van der Waals surface area contributed by atoms with Crippen molar-refractivity contribution in [3.8, 4) is 0 Å². The van der Waals surface area contributed by atoms with Crippen LogP contribution in [0.1, 0.15) is 43.5 Å². The van der Waals surface area contributed by atoms with Crippen LogP contribution in [0.3, 0.4) is 0 Å². The number of anilines is 2. The highest BCUT2D eigenvalue weighted by atomic mass is 16.2. The second-order valence-corrected chi connectivity index (χ2v) is 7.02. The van der Waals surface area contributed by atoms with Gasteiger partial charge >= 0.3 is 5.69 Å². The normalized spacial score (nSPS) is 11.0. The van der Waals surface area contributed by atoms with Crippen LogP contribution in [0.15, 0.2) is 52.1 Å². The minimum Gasteiger partial charge on any atom is -0.383 e. The molecule has 0 spiro atoms. The SMILES string of the molecule is CCCCn1c(N)c(N(CCC)C(=O)c2ccc3ccccc3c2)c(=O)[nH]c1=O. The van der Waals surface area contributed by atoms with Crippen molar-refractivity contribution in [2.45, 2.75) is 39.7 Å². The summed E-state index contributed by atoms with van der Waals surface area (Å²) in [5.41, 5.74) is 5.49. The van der Waals surface area contributed by atoms with Crippen molar-refractivity contribution in [3.63, 3.8) is 0 Å². The fourth-order valence-electron chi connectivity index (χ4n) is 3.39. The molecule has 0 aliphatic carbocycles. The van der Waals surface area contributed by atoms with Crippen molar-refractivity contribution in [3.05, 3.63) is 68.9 Å². The molecular formula is C22H26N4O3. The number of unbranched alkanes of at least 4 members (excludes halogenated alkanes) is 1. The van der Waals surface area contributed by atoms with Gasteiger partial charge in [-0.3, -0.25) is 19.1 Å². The number of fused-ring (bicyclic) bond motifs is 1. The maximum absolute atomic E-state index is 13.3. The number of H-pyrrole nitrogens is 1. The van der Waals surface area contributed by atoms with E-state index in [1.807, 2.05) is 44.2 Å². The number of aromatic nitrogens is 2. The van der Waals surface area contributed by atoms with Gasteiger partial charge in [-0.15, -0.1) is 0 Å². The third-order valence-electron chi connectivity index (χ3n) is 4.91. The molecule has 152 valence electrons. The van der Waals surface area contributed by atoms with Gasteiger partial charge in [0.25, 0.3) is 11.5 Å². The number of aromatic amines is 1. The van der Waals surface area contributed by atoms with Gasteiger partial charge in [0.05, 0.1) is 0 Å². The summed E-state index contributed by atoms with van der Waals surface area (Å²) < 4.78 is 1.33. The predicted octanol–water partition coefficient (Wildman–Crippen LogP) is 3.13. The minimum absolute atomic E-state index is 0.0230. The minimum atomic E-state index is -0.650. The number of nitrogens with one attached hydrogen (secondary N) is 1.